The average molecular weight is 430 g/mol. The summed E-state index contributed by atoms with van der Waals surface area (Å²) < 4.78 is 0. The summed E-state index contributed by atoms with van der Waals surface area (Å²) in [5.41, 5.74) is 9.61. The molecule has 1 saturated heterocycles. The number of nitrogens with zero attached hydrogens (tertiary/aromatic N) is 1. The van der Waals surface area contributed by atoms with E-state index in [0.717, 1.165) is 44.3 Å². The van der Waals surface area contributed by atoms with E-state index >= 15 is 0 Å². The van der Waals surface area contributed by atoms with Crippen molar-refractivity contribution in [2.24, 2.45) is 23.5 Å². The van der Waals surface area contributed by atoms with Crippen LogP contribution in [0, 0.1) is 17.8 Å². The Morgan fingerprint density at radius 1 is 1.00 bits per heavy atom. The molecule has 2 bridgehead atoms. The van der Waals surface area contributed by atoms with E-state index in [1.807, 2.05) is 29.2 Å². The third kappa shape index (κ3) is 4.22. The molecule has 3 unspecified atom stereocenters. The van der Waals surface area contributed by atoms with E-state index in [1.54, 1.807) is 0 Å². The first-order valence-corrected chi connectivity index (χ1v) is 11.8. The van der Waals surface area contributed by atoms with Gasteiger partial charge in [0.1, 0.15) is 0 Å². The first-order chi connectivity index (χ1) is 15.6. The highest BCUT2D eigenvalue weighted by atomic mass is 16.2. The number of allylic oxidation sites excluding steroid dienone is 2. The quantitative estimate of drug-likeness (QED) is 0.695. The summed E-state index contributed by atoms with van der Waals surface area (Å²) in [5.74, 6) is 1.57. The summed E-state index contributed by atoms with van der Waals surface area (Å²) in [6.45, 7) is 2.03. The number of nitrogens with one attached hydrogen (secondary N) is 1. The maximum absolute atomic E-state index is 13.1. The third-order valence-corrected chi connectivity index (χ3v) is 7.43. The molecule has 0 aromatic heterocycles. The van der Waals surface area contributed by atoms with Crippen LogP contribution in [-0.2, 0) is 11.3 Å². The highest BCUT2D eigenvalue weighted by Crippen LogP contribution is 2.43. The van der Waals surface area contributed by atoms with E-state index in [9.17, 15) is 9.59 Å². The Bertz CT molecular complexity index is 1040. The monoisotopic (exact) mass is 429 g/mol. The predicted molar refractivity (Wildman–Crippen MR) is 126 cm³/mol. The second kappa shape index (κ2) is 8.91. The molecule has 1 heterocycles. The van der Waals surface area contributed by atoms with Crippen molar-refractivity contribution >= 4 is 17.5 Å². The Balaban J connectivity index is 1.20. The molecule has 5 rings (SSSR count). The van der Waals surface area contributed by atoms with Gasteiger partial charge < -0.3 is 16.0 Å². The van der Waals surface area contributed by atoms with E-state index in [4.69, 9.17) is 5.73 Å². The highest BCUT2D eigenvalue weighted by Gasteiger charge is 2.39. The summed E-state index contributed by atoms with van der Waals surface area (Å²) in [6, 6.07) is 15.9. The second-order valence-corrected chi connectivity index (χ2v) is 9.47. The van der Waals surface area contributed by atoms with Gasteiger partial charge in [0, 0.05) is 36.8 Å². The molecule has 3 N–H and O–H groups in total. The van der Waals surface area contributed by atoms with Crippen LogP contribution < -0.4 is 11.1 Å². The number of hydrogen-bond donors (Lipinski definition) is 2. The van der Waals surface area contributed by atoms with Gasteiger partial charge in [0.15, 0.2) is 0 Å². The Labute approximate surface area is 189 Å². The lowest BCUT2D eigenvalue weighted by atomic mass is 9.88. The van der Waals surface area contributed by atoms with Crippen molar-refractivity contribution < 1.29 is 9.59 Å². The zero-order valence-electron chi connectivity index (χ0n) is 18.4. The number of carbonyl (C=O) groups is 2. The van der Waals surface area contributed by atoms with Gasteiger partial charge in [0.05, 0.1) is 0 Å². The van der Waals surface area contributed by atoms with Gasteiger partial charge in [-0.25, -0.2) is 0 Å². The molecule has 0 radical (unpaired) electrons. The van der Waals surface area contributed by atoms with Crippen molar-refractivity contribution in [2.75, 3.05) is 18.4 Å². The van der Waals surface area contributed by atoms with Crippen LogP contribution in [0.15, 0.2) is 60.7 Å². The first kappa shape index (κ1) is 21.0. The van der Waals surface area contributed by atoms with Crippen LogP contribution in [0.4, 0.5) is 5.69 Å². The number of fused-ring (bicyclic) bond motifs is 2. The first-order valence-electron chi connectivity index (χ1n) is 11.8. The van der Waals surface area contributed by atoms with E-state index in [1.165, 1.54) is 5.56 Å². The van der Waals surface area contributed by atoms with Crippen LogP contribution in [0.3, 0.4) is 0 Å². The van der Waals surface area contributed by atoms with Gasteiger partial charge >= 0.3 is 0 Å². The minimum Gasteiger partial charge on any atom is -0.339 e. The molecule has 1 aliphatic heterocycles. The molecule has 2 aliphatic carbocycles. The van der Waals surface area contributed by atoms with Crippen molar-refractivity contribution in [3.05, 3.63) is 77.4 Å². The van der Waals surface area contributed by atoms with Gasteiger partial charge in [-0.05, 0) is 72.8 Å². The molecule has 2 fully saturated rings. The zero-order valence-corrected chi connectivity index (χ0v) is 18.4. The lowest BCUT2D eigenvalue weighted by Gasteiger charge is -2.32. The molecule has 5 heteroatoms. The topological polar surface area (TPSA) is 75.4 Å². The van der Waals surface area contributed by atoms with Crippen molar-refractivity contribution in [2.45, 2.75) is 38.1 Å². The number of rotatable bonds is 5. The lowest BCUT2D eigenvalue weighted by molar-refractivity contribution is -0.120. The van der Waals surface area contributed by atoms with Gasteiger partial charge in [-0.15, -0.1) is 0 Å². The summed E-state index contributed by atoms with van der Waals surface area (Å²) in [7, 11) is 0. The minimum atomic E-state index is 0.0399. The molecule has 1 saturated carbocycles. The molecule has 5 nitrogen and oxygen atoms in total. The number of amides is 2. The molecular weight excluding hydrogens is 398 g/mol. The molecule has 2 aromatic rings. The predicted octanol–water partition coefficient (Wildman–Crippen LogP) is 4.32. The maximum atomic E-state index is 13.1. The van der Waals surface area contributed by atoms with Crippen LogP contribution in [-0.4, -0.2) is 29.8 Å². The van der Waals surface area contributed by atoms with Crippen molar-refractivity contribution in [1.29, 1.82) is 0 Å². The van der Waals surface area contributed by atoms with Gasteiger partial charge in [-0.2, -0.15) is 0 Å². The van der Waals surface area contributed by atoms with Crippen LogP contribution >= 0.6 is 0 Å². The van der Waals surface area contributed by atoms with Crippen LogP contribution in [0.5, 0.6) is 0 Å². The van der Waals surface area contributed by atoms with Gasteiger partial charge in [0.2, 0.25) is 5.91 Å². The summed E-state index contributed by atoms with van der Waals surface area (Å²) in [6.07, 6.45) is 8.37. The smallest absolute Gasteiger partial charge is 0.253 e. The number of benzene rings is 2. The van der Waals surface area contributed by atoms with Crippen LogP contribution in [0.1, 0.15) is 53.1 Å². The van der Waals surface area contributed by atoms with Crippen LogP contribution in [0.2, 0.25) is 0 Å². The normalized spacial score (nSPS) is 24.7. The van der Waals surface area contributed by atoms with Crippen LogP contribution in [0.25, 0.3) is 0 Å². The number of anilines is 1. The largest absolute Gasteiger partial charge is 0.339 e. The molecule has 166 valence electrons. The van der Waals surface area contributed by atoms with Crippen molar-refractivity contribution in [3.63, 3.8) is 0 Å². The minimum absolute atomic E-state index is 0.0399. The maximum Gasteiger partial charge on any atom is 0.253 e. The SMILES string of the molecule is NCc1cccc(C2CCN(C(=O)c3cccc(NC(=O)C4CC5C=CC4C5)c3)CC2)c1. The Morgan fingerprint density at radius 2 is 1.81 bits per heavy atom. The average Bonchev–Trinajstić information content (AvgIpc) is 3.48. The molecule has 3 aliphatic rings. The Kier molecular flexibility index (Phi) is 5.83. The third-order valence-electron chi connectivity index (χ3n) is 7.43. The highest BCUT2D eigenvalue weighted by molar-refractivity contribution is 5.98. The Morgan fingerprint density at radius 3 is 2.53 bits per heavy atom. The standard InChI is InChI=1S/C27H31N3O2/c28-17-19-3-1-4-21(14-19)20-9-11-30(12-10-20)27(32)23-5-2-6-24(16-23)29-26(31)25-15-18-7-8-22(25)13-18/h1-8,14,16,18,20,22,25H,9-13,15,17,28H2,(H,29,31). The molecule has 32 heavy (non-hydrogen) atoms. The molecule has 3 atom stereocenters. The van der Waals surface area contributed by atoms with Crippen molar-refractivity contribution in [1.82, 2.24) is 4.90 Å². The van der Waals surface area contributed by atoms with Gasteiger partial charge in [-0.1, -0.05) is 42.5 Å². The van der Waals surface area contributed by atoms with Gasteiger partial charge in [-0.3, -0.25) is 9.59 Å². The van der Waals surface area contributed by atoms with Gasteiger partial charge in [0.25, 0.3) is 5.91 Å². The fraction of sp³-hybridized carbons (Fsp3) is 0.407. The molecular formula is C27H31N3O2. The number of carbonyl (C=O) groups excluding carboxylic acids is 2. The fourth-order valence-electron chi connectivity index (χ4n) is 5.62. The number of hydrogen-bond acceptors (Lipinski definition) is 3. The number of likely N-dealkylation sites (tertiary alicyclic amines) is 1. The number of piperidine rings is 1. The molecule has 2 aromatic carbocycles. The Hall–Kier alpha value is -2.92. The molecule has 2 amide bonds. The fourth-order valence-corrected chi connectivity index (χ4v) is 5.62. The molecule has 0 spiro atoms. The van der Waals surface area contributed by atoms with E-state index < -0.39 is 0 Å². The summed E-state index contributed by atoms with van der Waals surface area (Å²) in [4.78, 5) is 27.8. The lowest BCUT2D eigenvalue weighted by Crippen LogP contribution is -2.38. The second-order valence-electron chi connectivity index (χ2n) is 9.47. The summed E-state index contributed by atoms with van der Waals surface area (Å²) >= 11 is 0. The number of nitrogens with two attached hydrogens (primary N) is 1. The van der Waals surface area contributed by atoms with E-state index in [2.05, 4.69) is 41.7 Å². The summed E-state index contributed by atoms with van der Waals surface area (Å²) in [5, 5.41) is 3.05. The van der Waals surface area contributed by atoms with E-state index in [-0.39, 0.29) is 17.7 Å². The van der Waals surface area contributed by atoms with Crippen molar-refractivity contribution in [3.8, 4) is 0 Å². The zero-order chi connectivity index (χ0) is 22.1. The van der Waals surface area contributed by atoms with E-state index in [0.29, 0.717) is 35.5 Å².